The Hall–Kier alpha value is -3.48. The van der Waals surface area contributed by atoms with Crippen molar-refractivity contribution in [3.63, 3.8) is 0 Å². The lowest BCUT2D eigenvalue weighted by Gasteiger charge is -2.29. The SMILES string of the molecule is CCOC(=O)C1=C(c2ccccc2)NC(=O)N[C@H]1c1ccc(O)c(OCC)c1. The summed E-state index contributed by atoms with van der Waals surface area (Å²) in [6.07, 6.45) is 0. The van der Waals surface area contributed by atoms with E-state index in [2.05, 4.69) is 10.6 Å². The minimum absolute atomic E-state index is 0.0178. The van der Waals surface area contributed by atoms with Crippen molar-refractivity contribution in [2.24, 2.45) is 0 Å². The van der Waals surface area contributed by atoms with Gasteiger partial charge in [0.1, 0.15) is 0 Å². The second-order valence-corrected chi connectivity index (χ2v) is 6.07. The van der Waals surface area contributed by atoms with E-state index in [1.165, 1.54) is 6.07 Å². The van der Waals surface area contributed by atoms with E-state index in [1.807, 2.05) is 18.2 Å². The van der Waals surface area contributed by atoms with E-state index in [0.717, 1.165) is 0 Å². The molecule has 0 spiro atoms. The number of hydrogen-bond acceptors (Lipinski definition) is 5. The second-order valence-electron chi connectivity index (χ2n) is 6.07. The van der Waals surface area contributed by atoms with E-state index in [0.29, 0.717) is 23.4 Å². The van der Waals surface area contributed by atoms with Gasteiger partial charge in [-0.25, -0.2) is 9.59 Å². The molecule has 2 aromatic carbocycles. The van der Waals surface area contributed by atoms with Gasteiger partial charge in [0.15, 0.2) is 11.5 Å². The van der Waals surface area contributed by atoms with Crippen molar-refractivity contribution in [2.75, 3.05) is 13.2 Å². The molecule has 0 saturated heterocycles. The van der Waals surface area contributed by atoms with Gasteiger partial charge in [-0.2, -0.15) is 0 Å². The fourth-order valence-corrected chi connectivity index (χ4v) is 3.06. The van der Waals surface area contributed by atoms with Crippen LogP contribution in [0.25, 0.3) is 5.70 Å². The Balaban J connectivity index is 2.16. The molecule has 0 bridgehead atoms. The van der Waals surface area contributed by atoms with Gasteiger partial charge < -0.3 is 25.2 Å². The molecule has 0 fully saturated rings. The summed E-state index contributed by atoms with van der Waals surface area (Å²) < 4.78 is 10.7. The number of phenolic OH excluding ortho intramolecular Hbond substituents is 1. The molecule has 2 aromatic rings. The molecule has 1 aliphatic rings. The number of urea groups is 1. The van der Waals surface area contributed by atoms with Crippen molar-refractivity contribution in [2.45, 2.75) is 19.9 Å². The van der Waals surface area contributed by atoms with Gasteiger partial charge in [0.25, 0.3) is 0 Å². The summed E-state index contributed by atoms with van der Waals surface area (Å²) in [7, 11) is 0. The highest BCUT2D eigenvalue weighted by atomic mass is 16.5. The van der Waals surface area contributed by atoms with Gasteiger partial charge in [-0.05, 0) is 37.1 Å². The maximum Gasteiger partial charge on any atom is 0.338 e. The average Bonchev–Trinajstić information content (AvgIpc) is 2.70. The number of esters is 1. The van der Waals surface area contributed by atoms with Gasteiger partial charge in [-0.3, -0.25) is 0 Å². The van der Waals surface area contributed by atoms with Crippen molar-refractivity contribution >= 4 is 17.7 Å². The number of nitrogens with one attached hydrogen (secondary N) is 2. The number of ether oxygens (including phenoxy) is 2. The van der Waals surface area contributed by atoms with E-state index in [1.54, 1.807) is 38.1 Å². The van der Waals surface area contributed by atoms with Crippen LogP contribution >= 0.6 is 0 Å². The van der Waals surface area contributed by atoms with Crippen LogP contribution < -0.4 is 15.4 Å². The maximum atomic E-state index is 12.8. The highest BCUT2D eigenvalue weighted by Gasteiger charge is 2.34. The fraction of sp³-hybridized carbons (Fsp3) is 0.238. The first kappa shape index (κ1) is 19.3. The Labute approximate surface area is 163 Å². The molecule has 0 radical (unpaired) electrons. The standard InChI is InChI=1S/C21H22N2O5/c1-3-27-16-12-14(10-11-15(16)24)19-17(20(25)28-4-2)18(22-21(26)23-19)13-8-6-5-7-9-13/h5-12,19,24H,3-4H2,1-2H3,(H2,22,23,26)/t19-/m0/s1. The molecule has 0 aromatic heterocycles. The van der Waals surface area contributed by atoms with Crippen LogP contribution in [0.4, 0.5) is 4.79 Å². The summed E-state index contributed by atoms with van der Waals surface area (Å²) in [6, 6.07) is 12.6. The molecular weight excluding hydrogens is 360 g/mol. The van der Waals surface area contributed by atoms with Gasteiger partial charge >= 0.3 is 12.0 Å². The molecule has 0 saturated carbocycles. The molecule has 7 heteroatoms. The minimum Gasteiger partial charge on any atom is -0.504 e. The lowest BCUT2D eigenvalue weighted by Crippen LogP contribution is -2.45. The van der Waals surface area contributed by atoms with Crippen LogP contribution in [-0.4, -0.2) is 30.3 Å². The van der Waals surface area contributed by atoms with Gasteiger partial charge in [0.2, 0.25) is 0 Å². The summed E-state index contributed by atoms with van der Waals surface area (Å²) in [6.45, 7) is 4.09. The third-order valence-electron chi connectivity index (χ3n) is 4.25. The highest BCUT2D eigenvalue weighted by molar-refractivity contribution is 6.04. The van der Waals surface area contributed by atoms with Crippen molar-refractivity contribution in [3.8, 4) is 11.5 Å². The predicted molar refractivity (Wildman–Crippen MR) is 104 cm³/mol. The molecule has 1 aliphatic heterocycles. The topological polar surface area (TPSA) is 96.9 Å². The smallest absolute Gasteiger partial charge is 0.338 e. The first-order valence-electron chi connectivity index (χ1n) is 9.05. The molecule has 0 aliphatic carbocycles. The summed E-state index contributed by atoms with van der Waals surface area (Å²) >= 11 is 0. The highest BCUT2D eigenvalue weighted by Crippen LogP contribution is 2.36. The van der Waals surface area contributed by atoms with E-state index < -0.39 is 18.0 Å². The van der Waals surface area contributed by atoms with Gasteiger partial charge in [0.05, 0.1) is 30.5 Å². The number of phenols is 1. The zero-order chi connectivity index (χ0) is 20.1. The van der Waals surface area contributed by atoms with E-state index >= 15 is 0 Å². The Morgan fingerprint density at radius 3 is 2.54 bits per heavy atom. The molecular formula is C21H22N2O5. The van der Waals surface area contributed by atoms with Crippen LogP contribution in [0.1, 0.15) is 31.0 Å². The van der Waals surface area contributed by atoms with Crippen LogP contribution in [0.2, 0.25) is 0 Å². The number of carbonyl (C=O) groups excluding carboxylic acids is 2. The summed E-state index contributed by atoms with van der Waals surface area (Å²) in [5, 5.41) is 15.5. The number of amides is 2. The fourth-order valence-electron chi connectivity index (χ4n) is 3.06. The van der Waals surface area contributed by atoms with E-state index in [9.17, 15) is 14.7 Å². The molecule has 28 heavy (non-hydrogen) atoms. The van der Waals surface area contributed by atoms with Crippen LogP contribution in [0.15, 0.2) is 54.1 Å². The summed E-state index contributed by atoms with van der Waals surface area (Å²) in [5.74, 6) is -0.280. The second kappa shape index (κ2) is 8.47. The van der Waals surface area contributed by atoms with E-state index in [-0.39, 0.29) is 23.7 Å². The van der Waals surface area contributed by atoms with Crippen molar-refractivity contribution in [1.82, 2.24) is 10.6 Å². The number of carbonyl (C=O) groups is 2. The quantitative estimate of drug-likeness (QED) is 0.667. The first-order valence-corrected chi connectivity index (χ1v) is 9.05. The maximum absolute atomic E-state index is 12.8. The lowest BCUT2D eigenvalue weighted by molar-refractivity contribution is -0.138. The Bertz CT molecular complexity index is 908. The number of rotatable bonds is 6. The molecule has 1 heterocycles. The van der Waals surface area contributed by atoms with Gasteiger partial charge in [0, 0.05) is 0 Å². The lowest BCUT2D eigenvalue weighted by atomic mass is 9.92. The summed E-state index contributed by atoms with van der Waals surface area (Å²) in [4.78, 5) is 25.1. The zero-order valence-corrected chi connectivity index (χ0v) is 15.7. The molecule has 2 amide bonds. The molecule has 146 valence electrons. The Morgan fingerprint density at radius 2 is 1.86 bits per heavy atom. The van der Waals surface area contributed by atoms with Crippen LogP contribution in [0.5, 0.6) is 11.5 Å². The van der Waals surface area contributed by atoms with Crippen molar-refractivity contribution in [1.29, 1.82) is 0 Å². The average molecular weight is 382 g/mol. The third-order valence-corrected chi connectivity index (χ3v) is 4.25. The number of hydrogen-bond donors (Lipinski definition) is 3. The first-order chi connectivity index (χ1) is 13.5. The minimum atomic E-state index is -0.761. The van der Waals surface area contributed by atoms with Crippen LogP contribution in [0, 0.1) is 0 Å². The number of aromatic hydroxyl groups is 1. The third kappa shape index (κ3) is 3.93. The predicted octanol–water partition coefficient (Wildman–Crippen LogP) is 3.12. The Kier molecular flexibility index (Phi) is 5.84. The van der Waals surface area contributed by atoms with Crippen LogP contribution in [0.3, 0.4) is 0 Å². The monoisotopic (exact) mass is 382 g/mol. The van der Waals surface area contributed by atoms with Gasteiger partial charge in [-0.15, -0.1) is 0 Å². The van der Waals surface area contributed by atoms with Crippen molar-refractivity contribution in [3.05, 3.63) is 65.2 Å². The molecule has 7 nitrogen and oxygen atoms in total. The molecule has 1 atom stereocenters. The van der Waals surface area contributed by atoms with Gasteiger partial charge in [-0.1, -0.05) is 36.4 Å². The molecule has 3 rings (SSSR count). The molecule has 3 N–H and O–H groups in total. The van der Waals surface area contributed by atoms with E-state index in [4.69, 9.17) is 9.47 Å². The zero-order valence-electron chi connectivity index (χ0n) is 15.7. The summed E-state index contributed by atoms with van der Waals surface area (Å²) in [5.41, 5.74) is 1.95. The largest absolute Gasteiger partial charge is 0.504 e. The van der Waals surface area contributed by atoms with Crippen molar-refractivity contribution < 1.29 is 24.2 Å². The number of benzene rings is 2. The normalized spacial score (nSPS) is 16.2. The molecule has 0 unspecified atom stereocenters. The van der Waals surface area contributed by atoms with Crippen LogP contribution in [-0.2, 0) is 9.53 Å². The Morgan fingerprint density at radius 1 is 1.11 bits per heavy atom.